The summed E-state index contributed by atoms with van der Waals surface area (Å²) in [6, 6.07) is -2.54. The van der Waals surface area contributed by atoms with Crippen molar-refractivity contribution in [2.24, 2.45) is 11.8 Å². The Morgan fingerprint density at radius 3 is 2.41 bits per heavy atom. The molecule has 0 aliphatic carbocycles. The molecule has 0 aromatic carbocycles. The molecule has 0 saturated carbocycles. The molecule has 3 unspecified atom stereocenters. The Bertz CT molecular complexity index is 657. The zero-order chi connectivity index (χ0) is 22.0. The molecule has 0 saturated heterocycles. The van der Waals surface area contributed by atoms with Crippen LogP contribution < -0.4 is 26.6 Å². The summed E-state index contributed by atoms with van der Waals surface area (Å²) in [7, 11) is 1.46. The van der Waals surface area contributed by atoms with Gasteiger partial charge in [0.25, 0.3) is 0 Å². The second-order valence-electron chi connectivity index (χ2n) is 7.58. The first-order valence-corrected chi connectivity index (χ1v) is 9.87. The highest BCUT2D eigenvalue weighted by Gasteiger charge is 2.28. The van der Waals surface area contributed by atoms with Gasteiger partial charge in [0.1, 0.15) is 12.1 Å². The van der Waals surface area contributed by atoms with Crippen molar-refractivity contribution in [1.29, 1.82) is 0 Å². The minimum atomic E-state index is -0.903. The van der Waals surface area contributed by atoms with Gasteiger partial charge in [-0.15, -0.1) is 0 Å². The van der Waals surface area contributed by atoms with Gasteiger partial charge >= 0.3 is 6.03 Å². The number of carbonyl (C=O) groups is 4. The van der Waals surface area contributed by atoms with Crippen LogP contribution in [0.4, 0.5) is 4.79 Å². The maximum absolute atomic E-state index is 12.8. The molecule has 29 heavy (non-hydrogen) atoms. The van der Waals surface area contributed by atoms with Crippen LogP contribution in [0.2, 0.25) is 0 Å². The van der Waals surface area contributed by atoms with Crippen molar-refractivity contribution in [3.63, 3.8) is 0 Å². The number of nitrogens with one attached hydrogen (secondary N) is 5. The van der Waals surface area contributed by atoms with Crippen LogP contribution in [0.1, 0.15) is 34.1 Å². The van der Waals surface area contributed by atoms with E-state index < -0.39 is 24.0 Å². The van der Waals surface area contributed by atoms with Crippen molar-refractivity contribution in [3.05, 3.63) is 24.3 Å². The molecule has 1 aliphatic rings. The van der Waals surface area contributed by atoms with Crippen LogP contribution in [-0.4, -0.2) is 55.5 Å². The molecule has 5 N–H and O–H groups in total. The van der Waals surface area contributed by atoms with E-state index in [1.54, 1.807) is 32.1 Å². The topological polar surface area (TPSA) is 128 Å². The van der Waals surface area contributed by atoms with Crippen LogP contribution >= 0.6 is 0 Å². The summed E-state index contributed by atoms with van der Waals surface area (Å²) < 4.78 is 0. The molecule has 0 aromatic rings. The Morgan fingerprint density at radius 2 is 1.83 bits per heavy atom. The molecule has 0 radical (unpaired) electrons. The minimum absolute atomic E-state index is 0.0459. The molecule has 1 heterocycles. The monoisotopic (exact) mass is 407 g/mol. The van der Waals surface area contributed by atoms with E-state index in [0.717, 1.165) is 0 Å². The smallest absolute Gasteiger partial charge is 0.315 e. The number of amides is 5. The fourth-order valence-electron chi connectivity index (χ4n) is 2.64. The molecule has 0 fully saturated rings. The van der Waals surface area contributed by atoms with Crippen molar-refractivity contribution in [3.8, 4) is 0 Å². The summed E-state index contributed by atoms with van der Waals surface area (Å²) in [5.74, 6) is -1.19. The zero-order valence-corrected chi connectivity index (χ0v) is 17.7. The van der Waals surface area contributed by atoms with E-state index in [1.807, 2.05) is 13.8 Å². The maximum atomic E-state index is 12.8. The van der Waals surface area contributed by atoms with Crippen molar-refractivity contribution < 1.29 is 19.2 Å². The van der Waals surface area contributed by atoms with Gasteiger partial charge in [-0.05, 0) is 18.3 Å². The third-order valence-electron chi connectivity index (χ3n) is 4.46. The molecule has 1 rings (SSSR count). The first-order valence-electron chi connectivity index (χ1n) is 9.87. The fraction of sp³-hybridized carbons (Fsp3) is 0.600. The van der Waals surface area contributed by atoms with Crippen LogP contribution in [0, 0.1) is 11.8 Å². The van der Waals surface area contributed by atoms with E-state index in [1.165, 1.54) is 13.1 Å². The highest BCUT2D eigenvalue weighted by molar-refractivity contribution is 5.93. The van der Waals surface area contributed by atoms with E-state index in [4.69, 9.17) is 0 Å². The number of carbonyl (C=O) groups excluding carboxylic acids is 4. The minimum Gasteiger partial charge on any atom is -0.352 e. The van der Waals surface area contributed by atoms with Crippen molar-refractivity contribution in [2.75, 3.05) is 13.6 Å². The van der Waals surface area contributed by atoms with E-state index in [9.17, 15) is 19.2 Å². The standard InChI is InChI=1S/C20H33N5O4/c1-12(2)14-9-10-16(26)22-11-7-6-8-15(18(27)23-14)24-19(28)17(13(3)4)25-20(29)21-5/h6,8-10,12-15,17H,7,11H2,1-5H3,(H,22,26)(H,23,27)(H,24,28)(H2,21,25,29). The normalized spacial score (nSPS) is 21.5. The molecule has 9 heteroatoms. The van der Waals surface area contributed by atoms with Gasteiger partial charge in [-0.2, -0.15) is 0 Å². The van der Waals surface area contributed by atoms with Crippen molar-refractivity contribution >= 4 is 23.8 Å². The lowest BCUT2D eigenvalue weighted by Crippen LogP contribution is -2.57. The molecule has 0 aromatic heterocycles. The van der Waals surface area contributed by atoms with Crippen LogP contribution in [0.15, 0.2) is 24.3 Å². The van der Waals surface area contributed by atoms with Gasteiger partial charge in [-0.25, -0.2) is 4.79 Å². The van der Waals surface area contributed by atoms with Gasteiger partial charge in [-0.1, -0.05) is 45.9 Å². The van der Waals surface area contributed by atoms with E-state index in [-0.39, 0.29) is 29.7 Å². The Labute approximate surface area is 172 Å². The van der Waals surface area contributed by atoms with Crippen LogP contribution in [0.3, 0.4) is 0 Å². The zero-order valence-electron chi connectivity index (χ0n) is 17.7. The molecule has 1 aliphatic heterocycles. The lowest BCUT2D eigenvalue weighted by Gasteiger charge is -2.26. The molecule has 3 atom stereocenters. The number of hydrogen-bond acceptors (Lipinski definition) is 4. The van der Waals surface area contributed by atoms with Gasteiger partial charge in [0, 0.05) is 25.7 Å². The average molecular weight is 408 g/mol. The molecular weight excluding hydrogens is 374 g/mol. The van der Waals surface area contributed by atoms with Gasteiger partial charge in [0.15, 0.2) is 0 Å². The Balaban J connectivity index is 3.01. The summed E-state index contributed by atoms with van der Waals surface area (Å²) in [4.78, 5) is 49.0. The predicted molar refractivity (Wildman–Crippen MR) is 111 cm³/mol. The Morgan fingerprint density at radius 1 is 1.14 bits per heavy atom. The highest BCUT2D eigenvalue weighted by Crippen LogP contribution is 2.07. The van der Waals surface area contributed by atoms with Gasteiger partial charge < -0.3 is 26.6 Å². The largest absolute Gasteiger partial charge is 0.352 e. The van der Waals surface area contributed by atoms with Crippen LogP contribution in [0.25, 0.3) is 0 Å². The third-order valence-corrected chi connectivity index (χ3v) is 4.46. The average Bonchev–Trinajstić information content (AvgIpc) is 2.65. The van der Waals surface area contributed by atoms with Crippen molar-refractivity contribution in [1.82, 2.24) is 26.6 Å². The predicted octanol–water partition coefficient (Wildman–Crippen LogP) is 0.198. The van der Waals surface area contributed by atoms with Gasteiger partial charge in [0.05, 0.1) is 0 Å². The first-order chi connectivity index (χ1) is 13.6. The SMILES string of the molecule is CNC(=O)NC(C(=O)NC1C=CCCNC(=O)C=CC(C(C)C)NC1=O)C(C)C. The molecule has 0 bridgehead atoms. The molecule has 162 valence electrons. The number of urea groups is 1. The maximum Gasteiger partial charge on any atom is 0.315 e. The lowest BCUT2D eigenvalue weighted by molar-refractivity contribution is -0.129. The number of rotatable bonds is 5. The quantitative estimate of drug-likeness (QED) is 0.417. The summed E-state index contributed by atoms with van der Waals surface area (Å²) in [6.07, 6.45) is 6.89. The molecule has 5 amide bonds. The molecule has 0 spiro atoms. The summed E-state index contributed by atoms with van der Waals surface area (Å²) >= 11 is 0. The summed E-state index contributed by atoms with van der Waals surface area (Å²) in [5, 5.41) is 13.3. The number of hydrogen-bond donors (Lipinski definition) is 5. The van der Waals surface area contributed by atoms with E-state index >= 15 is 0 Å². The fourth-order valence-corrected chi connectivity index (χ4v) is 2.64. The van der Waals surface area contributed by atoms with E-state index in [0.29, 0.717) is 13.0 Å². The van der Waals surface area contributed by atoms with Gasteiger partial charge in [0.2, 0.25) is 17.7 Å². The van der Waals surface area contributed by atoms with Crippen LogP contribution in [0.5, 0.6) is 0 Å². The molecular formula is C20H33N5O4. The Kier molecular flexibility index (Phi) is 9.91. The summed E-state index contributed by atoms with van der Waals surface area (Å²) in [5.41, 5.74) is 0. The van der Waals surface area contributed by atoms with Crippen molar-refractivity contribution in [2.45, 2.75) is 52.2 Å². The van der Waals surface area contributed by atoms with E-state index in [2.05, 4.69) is 26.6 Å². The van der Waals surface area contributed by atoms with Crippen LogP contribution in [-0.2, 0) is 14.4 Å². The second-order valence-corrected chi connectivity index (χ2v) is 7.58. The highest BCUT2D eigenvalue weighted by atomic mass is 16.2. The molecule has 9 nitrogen and oxygen atoms in total. The summed E-state index contributed by atoms with van der Waals surface area (Å²) in [6.45, 7) is 7.87. The lowest BCUT2D eigenvalue weighted by atomic mass is 10.0. The second kappa shape index (κ2) is 11.9. The first kappa shape index (κ1) is 24.2. The third kappa shape index (κ3) is 8.37. The van der Waals surface area contributed by atoms with Gasteiger partial charge in [-0.3, -0.25) is 14.4 Å². The Hall–Kier alpha value is -2.84.